The summed E-state index contributed by atoms with van der Waals surface area (Å²) in [6.07, 6.45) is 0.864. The predicted octanol–water partition coefficient (Wildman–Crippen LogP) is 4.04. The number of anilines is 1. The van der Waals surface area contributed by atoms with Gasteiger partial charge in [-0.2, -0.15) is 0 Å². The molecule has 1 aliphatic heterocycles. The zero-order chi connectivity index (χ0) is 19.5. The van der Waals surface area contributed by atoms with Crippen molar-refractivity contribution in [3.05, 3.63) is 24.3 Å². The normalized spacial score (nSPS) is 20.5. The number of amides is 2. The fourth-order valence-corrected chi connectivity index (χ4v) is 3.20. The van der Waals surface area contributed by atoms with E-state index in [1.54, 1.807) is 16.9 Å². The fraction of sp³-hybridized carbons (Fsp3) is 0.600. The molecule has 2 rings (SSSR count). The number of ether oxygens (including phenoxy) is 2. The second-order valence-corrected chi connectivity index (χ2v) is 7.87. The maximum absolute atomic E-state index is 12.7. The zero-order valence-corrected chi connectivity index (χ0v) is 16.6. The van der Waals surface area contributed by atoms with Gasteiger partial charge in [-0.05, 0) is 63.8 Å². The molecule has 2 amide bonds. The quantitative estimate of drug-likeness (QED) is 0.814. The lowest BCUT2D eigenvalue weighted by Gasteiger charge is -2.44. The summed E-state index contributed by atoms with van der Waals surface area (Å²) in [5, 5.41) is 0. The molecule has 1 fully saturated rings. The van der Waals surface area contributed by atoms with E-state index >= 15 is 0 Å². The van der Waals surface area contributed by atoms with E-state index in [1.165, 1.54) is 6.92 Å². The number of rotatable bonds is 3. The minimum absolute atomic E-state index is 0.108. The van der Waals surface area contributed by atoms with Crippen molar-refractivity contribution in [3.8, 4) is 5.75 Å². The van der Waals surface area contributed by atoms with Gasteiger partial charge in [0.05, 0.1) is 7.11 Å². The van der Waals surface area contributed by atoms with Crippen molar-refractivity contribution in [3.63, 3.8) is 0 Å². The number of nitrogens with zero attached hydrogens (tertiary/aromatic N) is 2. The zero-order valence-electron chi connectivity index (χ0n) is 16.6. The van der Waals surface area contributed by atoms with Gasteiger partial charge in [-0.1, -0.05) is 6.92 Å². The summed E-state index contributed by atoms with van der Waals surface area (Å²) in [6, 6.07) is 7.31. The lowest BCUT2D eigenvalue weighted by atomic mass is 9.95. The van der Waals surface area contributed by atoms with E-state index in [2.05, 4.69) is 6.92 Å². The standard InChI is InChI=1S/C20H30N2O4/c1-14-11-12-21(19(24)26-20(3,4)5)18(13-14)22(15(2)23)16-7-9-17(25-6)10-8-16/h7-10,14,18H,11-13H2,1-6H3. The van der Waals surface area contributed by atoms with Gasteiger partial charge < -0.3 is 9.47 Å². The third-order valence-electron chi connectivity index (χ3n) is 4.45. The van der Waals surface area contributed by atoms with Crippen molar-refractivity contribution < 1.29 is 19.1 Å². The van der Waals surface area contributed by atoms with E-state index in [1.807, 2.05) is 45.0 Å². The summed E-state index contributed by atoms with van der Waals surface area (Å²) >= 11 is 0. The Labute approximate surface area is 156 Å². The van der Waals surface area contributed by atoms with Crippen molar-refractivity contribution in [2.45, 2.75) is 59.2 Å². The van der Waals surface area contributed by atoms with Crippen LogP contribution in [0.3, 0.4) is 0 Å². The molecule has 2 atom stereocenters. The lowest BCUT2D eigenvalue weighted by molar-refractivity contribution is -0.118. The van der Waals surface area contributed by atoms with Gasteiger partial charge in [-0.15, -0.1) is 0 Å². The number of carbonyl (C=O) groups excluding carboxylic acids is 2. The largest absolute Gasteiger partial charge is 0.497 e. The third kappa shape index (κ3) is 4.90. The van der Waals surface area contributed by atoms with Crippen molar-refractivity contribution >= 4 is 17.7 Å². The summed E-state index contributed by atoms with van der Waals surface area (Å²) in [5.41, 5.74) is 0.164. The van der Waals surface area contributed by atoms with E-state index in [-0.39, 0.29) is 18.2 Å². The van der Waals surface area contributed by atoms with Crippen LogP contribution in [-0.2, 0) is 9.53 Å². The first-order valence-electron chi connectivity index (χ1n) is 9.06. The predicted molar refractivity (Wildman–Crippen MR) is 101 cm³/mol. The Morgan fingerprint density at radius 2 is 1.81 bits per heavy atom. The Balaban J connectivity index is 2.34. The van der Waals surface area contributed by atoms with Gasteiger partial charge in [0.25, 0.3) is 0 Å². The van der Waals surface area contributed by atoms with Crippen LogP contribution in [0.4, 0.5) is 10.5 Å². The monoisotopic (exact) mass is 362 g/mol. The number of benzene rings is 1. The summed E-state index contributed by atoms with van der Waals surface area (Å²) in [5.74, 6) is 1.03. The Hall–Kier alpha value is -2.24. The third-order valence-corrected chi connectivity index (χ3v) is 4.45. The second-order valence-electron chi connectivity index (χ2n) is 7.87. The molecule has 0 radical (unpaired) electrons. The van der Waals surface area contributed by atoms with Crippen LogP contribution < -0.4 is 9.64 Å². The summed E-state index contributed by atoms with van der Waals surface area (Å²) in [6.45, 7) is 9.78. The first kappa shape index (κ1) is 20.1. The van der Waals surface area contributed by atoms with Crippen molar-refractivity contribution in [2.24, 2.45) is 5.92 Å². The van der Waals surface area contributed by atoms with Gasteiger partial charge >= 0.3 is 6.09 Å². The molecule has 0 bridgehead atoms. The highest BCUT2D eigenvalue weighted by Gasteiger charge is 2.38. The van der Waals surface area contributed by atoms with Crippen LogP contribution in [0.5, 0.6) is 5.75 Å². The number of methoxy groups -OCH3 is 1. The van der Waals surface area contributed by atoms with Gasteiger partial charge in [0, 0.05) is 19.2 Å². The van der Waals surface area contributed by atoms with Crippen LogP contribution in [0, 0.1) is 5.92 Å². The van der Waals surface area contributed by atoms with E-state index in [9.17, 15) is 9.59 Å². The van der Waals surface area contributed by atoms with E-state index < -0.39 is 5.60 Å². The molecule has 1 aromatic rings. The minimum atomic E-state index is -0.578. The molecule has 144 valence electrons. The molecule has 0 saturated carbocycles. The molecule has 6 heteroatoms. The molecular weight excluding hydrogens is 332 g/mol. The van der Waals surface area contributed by atoms with Gasteiger partial charge in [0.2, 0.25) is 5.91 Å². The number of carbonyl (C=O) groups is 2. The molecule has 1 aliphatic rings. The maximum atomic E-state index is 12.7. The van der Waals surface area contributed by atoms with Crippen LogP contribution in [-0.4, -0.2) is 42.3 Å². The Kier molecular flexibility index (Phi) is 6.16. The van der Waals surface area contributed by atoms with Gasteiger partial charge in [0.1, 0.15) is 17.5 Å². The molecule has 0 spiro atoms. The van der Waals surface area contributed by atoms with Crippen LogP contribution >= 0.6 is 0 Å². The highest BCUT2D eigenvalue weighted by molar-refractivity contribution is 5.92. The minimum Gasteiger partial charge on any atom is -0.497 e. The molecule has 2 unspecified atom stereocenters. The average Bonchev–Trinajstić information content (AvgIpc) is 2.54. The number of hydrogen-bond acceptors (Lipinski definition) is 4. The molecular formula is C20H30N2O4. The fourth-order valence-electron chi connectivity index (χ4n) is 3.20. The molecule has 0 aromatic heterocycles. The SMILES string of the molecule is COc1ccc(N(C(C)=O)C2CC(C)CCN2C(=O)OC(C)(C)C)cc1. The van der Waals surface area contributed by atoms with Gasteiger partial charge in [-0.3, -0.25) is 14.6 Å². The highest BCUT2D eigenvalue weighted by atomic mass is 16.6. The Bertz CT molecular complexity index is 636. The van der Waals surface area contributed by atoms with Crippen LogP contribution in [0.1, 0.15) is 47.5 Å². The maximum Gasteiger partial charge on any atom is 0.411 e. The van der Waals surface area contributed by atoms with E-state index in [4.69, 9.17) is 9.47 Å². The second kappa shape index (κ2) is 7.98. The van der Waals surface area contributed by atoms with E-state index in [0.717, 1.165) is 17.9 Å². The van der Waals surface area contributed by atoms with E-state index in [0.29, 0.717) is 18.9 Å². The molecule has 1 aromatic carbocycles. The molecule has 1 saturated heterocycles. The number of likely N-dealkylation sites (tertiary alicyclic amines) is 1. The van der Waals surface area contributed by atoms with Gasteiger partial charge in [0.15, 0.2) is 0 Å². The summed E-state index contributed by atoms with van der Waals surface area (Å²) in [7, 11) is 1.60. The molecule has 6 nitrogen and oxygen atoms in total. The number of hydrogen-bond donors (Lipinski definition) is 0. The Morgan fingerprint density at radius 1 is 1.19 bits per heavy atom. The topological polar surface area (TPSA) is 59.1 Å². The summed E-state index contributed by atoms with van der Waals surface area (Å²) < 4.78 is 10.8. The number of piperidine rings is 1. The van der Waals surface area contributed by atoms with Gasteiger partial charge in [-0.25, -0.2) is 4.79 Å². The molecule has 0 aliphatic carbocycles. The van der Waals surface area contributed by atoms with Crippen LogP contribution in [0.25, 0.3) is 0 Å². The summed E-state index contributed by atoms with van der Waals surface area (Å²) in [4.78, 5) is 28.6. The highest BCUT2D eigenvalue weighted by Crippen LogP contribution is 2.31. The van der Waals surface area contributed by atoms with Crippen molar-refractivity contribution in [1.29, 1.82) is 0 Å². The van der Waals surface area contributed by atoms with Crippen molar-refractivity contribution in [2.75, 3.05) is 18.6 Å². The molecule has 26 heavy (non-hydrogen) atoms. The first-order valence-corrected chi connectivity index (χ1v) is 9.06. The van der Waals surface area contributed by atoms with Crippen molar-refractivity contribution in [1.82, 2.24) is 4.90 Å². The Morgan fingerprint density at radius 3 is 2.31 bits per heavy atom. The average molecular weight is 362 g/mol. The molecule has 1 heterocycles. The first-order chi connectivity index (χ1) is 12.1. The molecule has 0 N–H and O–H groups in total. The van der Waals surface area contributed by atoms with Crippen LogP contribution in [0.2, 0.25) is 0 Å². The lowest BCUT2D eigenvalue weighted by Crippen LogP contribution is -2.57. The van der Waals surface area contributed by atoms with Crippen LogP contribution in [0.15, 0.2) is 24.3 Å². The smallest absolute Gasteiger partial charge is 0.411 e.